The molecule has 1 aromatic carbocycles. The molecule has 0 spiro atoms. The van der Waals surface area contributed by atoms with Crippen LogP contribution in [0.2, 0.25) is 0 Å². The van der Waals surface area contributed by atoms with Crippen LogP contribution in [0.3, 0.4) is 0 Å². The van der Waals surface area contributed by atoms with Crippen LogP contribution in [0.4, 0.5) is 0 Å². The fraction of sp³-hybridized carbons (Fsp3) is 0.600. The summed E-state index contributed by atoms with van der Waals surface area (Å²) in [5.41, 5.74) is 0.869. The minimum Gasteiger partial charge on any atom is -0.493 e. The number of ether oxygens (including phenoxy) is 1. The third-order valence-corrected chi connectivity index (χ3v) is 5.13. The molecule has 0 bridgehead atoms. The molecule has 0 aromatic heterocycles. The number of fused-ring (bicyclic) bond motifs is 2. The summed E-state index contributed by atoms with van der Waals surface area (Å²) in [5, 5.41) is 10.8. The standard InChI is InChI=1S/C15H18O2/c16-15(12-5-3-6-13(12)15)11-8-10-4-1-2-7-14(10)17-9-11/h1-2,4,7,11-13,16H,3,5-6,8-9H2. The minimum absolute atomic E-state index is 0.313. The maximum atomic E-state index is 10.8. The molecule has 17 heavy (non-hydrogen) atoms. The Hall–Kier alpha value is -1.02. The van der Waals surface area contributed by atoms with Crippen molar-refractivity contribution in [2.75, 3.05) is 6.61 Å². The fourth-order valence-corrected chi connectivity index (χ4v) is 4.20. The molecular weight excluding hydrogens is 212 g/mol. The fourth-order valence-electron chi connectivity index (χ4n) is 4.20. The Bertz CT molecular complexity index is 444. The zero-order valence-electron chi connectivity index (χ0n) is 9.93. The first kappa shape index (κ1) is 9.95. The van der Waals surface area contributed by atoms with Crippen LogP contribution in [-0.4, -0.2) is 17.3 Å². The normalized spacial score (nSPS) is 42.5. The number of benzene rings is 1. The summed E-state index contributed by atoms with van der Waals surface area (Å²) in [7, 11) is 0. The minimum atomic E-state index is -0.397. The van der Waals surface area contributed by atoms with E-state index < -0.39 is 5.60 Å². The number of hydrogen-bond acceptors (Lipinski definition) is 2. The van der Waals surface area contributed by atoms with E-state index in [0.717, 1.165) is 12.2 Å². The van der Waals surface area contributed by atoms with Gasteiger partial charge in [-0.1, -0.05) is 24.6 Å². The van der Waals surface area contributed by atoms with E-state index >= 15 is 0 Å². The Kier molecular flexibility index (Phi) is 1.91. The van der Waals surface area contributed by atoms with E-state index in [1.165, 1.54) is 24.8 Å². The Morgan fingerprint density at radius 1 is 1.18 bits per heavy atom. The first-order chi connectivity index (χ1) is 8.30. The molecule has 0 radical (unpaired) electrons. The van der Waals surface area contributed by atoms with Gasteiger partial charge in [0.05, 0.1) is 12.2 Å². The van der Waals surface area contributed by atoms with E-state index in [9.17, 15) is 5.11 Å². The number of rotatable bonds is 1. The SMILES string of the molecule is OC1(C2COc3ccccc3C2)C2CCCC21. The van der Waals surface area contributed by atoms with E-state index in [-0.39, 0.29) is 0 Å². The van der Waals surface area contributed by atoms with Crippen molar-refractivity contribution in [1.29, 1.82) is 0 Å². The van der Waals surface area contributed by atoms with E-state index in [1.54, 1.807) is 0 Å². The van der Waals surface area contributed by atoms with Gasteiger partial charge in [-0.2, -0.15) is 0 Å². The van der Waals surface area contributed by atoms with Gasteiger partial charge in [-0.3, -0.25) is 0 Å². The summed E-state index contributed by atoms with van der Waals surface area (Å²) >= 11 is 0. The summed E-state index contributed by atoms with van der Waals surface area (Å²) in [6.07, 6.45) is 4.74. The Labute approximate surface area is 102 Å². The molecule has 3 atom stereocenters. The van der Waals surface area contributed by atoms with Crippen molar-refractivity contribution in [3.8, 4) is 5.75 Å². The lowest BCUT2D eigenvalue weighted by molar-refractivity contribution is 0.0130. The largest absolute Gasteiger partial charge is 0.493 e. The number of para-hydroxylation sites is 1. The van der Waals surface area contributed by atoms with Gasteiger partial charge < -0.3 is 9.84 Å². The molecular formula is C15H18O2. The highest BCUT2D eigenvalue weighted by Gasteiger charge is 2.68. The van der Waals surface area contributed by atoms with Gasteiger partial charge in [-0.25, -0.2) is 0 Å². The lowest BCUT2D eigenvalue weighted by Crippen LogP contribution is -2.36. The molecule has 1 heterocycles. The number of aliphatic hydroxyl groups is 1. The van der Waals surface area contributed by atoms with Crippen LogP contribution in [0.15, 0.2) is 24.3 Å². The second kappa shape index (κ2) is 3.26. The monoisotopic (exact) mass is 230 g/mol. The van der Waals surface area contributed by atoms with Crippen LogP contribution in [-0.2, 0) is 6.42 Å². The molecule has 4 rings (SSSR count). The van der Waals surface area contributed by atoms with E-state index in [2.05, 4.69) is 12.1 Å². The summed E-state index contributed by atoms with van der Waals surface area (Å²) < 4.78 is 5.81. The van der Waals surface area contributed by atoms with Gasteiger partial charge in [-0.15, -0.1) is 0 Å². The van der Waals surface area contributed by atoms with E-state index in [4.69, 9.17) is 4.74 Å². The van der Waals surface area contributed by atoms with Gasteiger partial charge >= 0.3 is 0 Å². The zero-order chi connectivity index (χ0) is 11.5. The molecule has 2 fully saturated rings. The van der Waals surface area contributed by atoms with Crippen molar-refractivity contribution in [1.82, 2.24) is 0 Å². The summed E-state index contributed by atoms with van der Waals surface area (Å²) in [5.74, 6) is 2.47. The number of hydrogen-bond donors (Lipinski definition) is 1. The highest BCUT2D eigenvalue weighted by molar-refractivity contribution is 5.36. The van der Waals surface area contributed by atoms with Crippen LogP contribution in [0, 0.1) is 17.8 Å². The van der Waals surface area contributed by atoms with Crippen molar-refractivity contribution < 1.29 is 9.84 Å². The maximum Gasteiger partial charge on any atom is 0.122 e. The topological polar surface area (TPSA) is 29.5 Å². The predicted molar refractivity (Wildman–Crippen MR) is 64.9 cm³/mol. The maximum absolute atomic E-state index is 10.8. The van der Waals surface area contributed by atoms with Gasteiger partial charge in [0.1, 0.15) is 5.75 Å². The molecule has 0 saturated heterocycles. The van der Waals surface area contributed by atoms with Gasteiger partial charge in [-0.05, 0) is 42.7 Å². The quantitative estimate of drug-likeness (QED) is 0.802. The Morgan fingerprint density at radius 2 is 1.94 bits per heavy atom. The molecule has 3 aliphatic rings. The van der Waals surface area contributed by atoms with Crippen LogP contribution in [0.5, 0.6) is 5.75 Å². The van der Waals surface area contributed by atoms with Crippen molar-refractivity contribution in [2.24, 2.45) is 17.8 Å². The lowest BCUT2D eigenvalue weighted by Gasteiger charge is -2.31. The molecule has 1 N–H and O–H groups in total. The van der Waals surface area contributed by atoms with Gasteiger partial charge in [0, 0.05) is 5.92 Å². The van der Waals surface area contributed by atoms with Gasteiger partial charge in [0.25, 0.3) is 0 Å². The molecule has 2 nitrogen and oxygen atoms in total. The molecule has 90 valence electrons. The first-order valence-corrected chi connectivity index (χ1v) is 6.73. The van der Waals surface area contributed by atoms with Crippen LogP contribution in [0.25, 0.3) is 0 Å². The highest BCUT2D eigenvalue weighted by atomic mass is 16.5. The molecule has 1 aliphatic heterocycles. The third-order valence-electron chi connectivity index (χ3n) is 5.13. The zero-order valence-corrected chi connectivity index (χ0v) is 9.93. The second-order valence-corrected chi connectivity index (χ2v) is 5.85. The highest BCUT2D eigenvalue weighted by Crippen LogP contribution is 2.64. The van der Waals surface area contributed by atoms with Gasteiger partial charge in [0.2, 0.25) is 0 Å². The van der Waals surface area contributed by atoms with Crippen molar-refractivity contribution in [3.05, 3.63) is 29.8 Å². The molecule has 2 heteroatoms. The predicted octanol–water partition coefficient (Wildman–Crippen LogP) is 2.40. The summed E-state index contributed by atoms with van der Waals surface area (Å²) in [6.45, 7) is 0.695. The second-order valence-electron chi connectivity index (χ2n) is 5.85. The Balaban J connectivity index is 1.59. The molecule has 3 unspecified atom stereocenters. The first-order valence-electron chi connectivity index (χ1n) is 6.73. The molecule has 0 amide bonds. The van der Waals surface area contributed by atoms with E-state index in [0.29, 0.717) is 24.4 Å². The van der Waals surface area contributed by atoms with Crippen LogP contribution >= 0.6 is 0 Å². The molecule has 2 aliphatic carbocycles. The average Bonchev–Trinajstić information content (AvgIpc) is 2.79. The van der Waals surface area contributed by atoms with Crippen molar-refractivity contribution in [2.45, 2.75) is 31.3 Å². The third kappa shape index (κ3) is 1.25. The Morgan fingerprint density at radius 3 is 2.76 bits per heavy atom. The smallest absolute Gasteiger partial charge is 0.122 e. The van der Waals surface area contributed by atoms with Crippen molar-refractivity contribution in [3.63, 3.8) is 0 Å². The lowest BCUT2D eigenvalue weighted by atomic mass is 9.86. The average molecular weight is 230 g/mol. The van der Waals surface area contributed by atoms with Crippen molar-refractivity contribution >= 4 is 0 Å². The summed E-state index contributed by atoms with van der Waals surface area (Å²) in [6, 6.07) is 8.23. The van der Waals surface area contributed by atoms with Gasteiger partial charge in [0.15, 0.2) is 0 Å². The van der Waals surface area contributed by atoms with Crippen LogP contribution < -0.4 is 4.74 Å². The van der Waals surface area contributed by atoms with Crippen LogP contribution in [0.1, 0.15) is 24.8 Å². The summed E-state index contributed by atoms with van der Waals surface area (Å²) in [4.78, 5) is 0. The molecule has 1 aromatic rings. The molecule has 2 saturated carbocycles. The van der Waals surface area contributed by atoms with E-state index in [1.807, 2.05) is 12.1 Å².